The maximum atomic E-state index is 11.9. The van der Waals surface area contributed by atoms with E-state index in [0.717, 1.165) is 18.4 Å². The highest BCUT2D eigenvalue weighted by atomic mass is 16.6. The van der Waals surface area contributed by atoms with Crippen molar-refractivity contribution in [1.29, 1.82) is 0 Å². The summed E-state index contributed by atoms with van der Waals surface area (Å²) in [4.78, 5) is 11.9. The third-order valence-electron chi connectivity index (χ3n) is 3.86. The number of rotatable bonds is 1. The number of benzene rings is 1. The normalized spacial score (nSPS) is 33.2. The largest absolute Gasteiger partial charge is 0.462 e. The number of fused-ring (bicyclic) bond motifs is 1. The van der Waals surface area contributed by atoms with Gasteiger partial charge in [0.15, 0.2) is 0 Å². The van der Waals surface area contributed by atoms with E-state index >= 15 is 0 Å². The van der Waals surface area contributed by atoms with Crippen LogP contribution in [0.1, 0.15) is 37.2 Å². The fraction of sp³-hybridized carbons (Fsp3) is 0.500. The Kier molecular flexibility index (Phi) is 2.43. The Morgan fingerprint density at radius 2 is 1.81 bits per heavy atom. The van der Waals surface area contributed by atoms with Crippen molar-refractivity contribution in [3.8, 4) is 0 Å². The predicted molar refractivity (Wildman–Crippen MR) is 61.0 cm³/mol. The lowest BCUT2D eigenvalue weighted by Gasteiger charge is -2.25. The van der Waals surface area contributed by atoms with E-state index in [1.807, 2.05) is 30.3 Å². The Bertz CT molecular complexity index is 385. The summed E-state index contributed by atoms with van der Waals surface area (Å²) in [6, 6.07) is 10.1. The van der Waals surface area contributed by atoms with Crippen LogP contribution >= 0.6 is 0 Å². The van der Waals surface area contributed by atoms with Gasteiger partial charge in [-0.05, 0) is 24.8 Å². The molecule has 0 spiro atoms. The van der Waals surface area contributed by atoms with Crippen LogP contribution in [0.3, 0.4) is 0 Å². The highest BCUT2D eigenvalue weighted by Gasteiger charge is 2.45. The SMILES string of the molecule is O=C1O[C@H]2CCCC[C@H]2[C@H]1c1ccccc1. The number of carbonyl (C=O) groups is 1. The molecule has 1 saturated heterocycles. The van der Waals surface area contributed by atoms with Crippen LogP contribution in [-0.2, 0) is 9.53 Å². The first kappa shape index (κ1) is 9.88. The first-order valence-corrected chi connectivity index (χ1v) is 6.12. The van der Waals surface area contributed by atoms with Crippen LogP contribution < -0.4 is 0 Å². The van der Waals surface area contributed by atoms with Crippen LogP contribution in [0.4, 0.5) is 0 Å². The molecule has 2 nitrogen and oxygen atoms in total. The minimum atomic E-state index is -0.0110. The number of hydrogen-bond donors (Lipinski definition) is 0. The molecule has 2 heteroatoms. The quantitative estimate of drug-likeness (QED) is 0.675. The molecule has 0 aromatic heterocycles. The fourth-order valence-electron chi connectivity index (χ4n) is 3.09. The van der Waals surface area contributed by atoms with Gasteiger partial charge in [0.2, 0.25) is 0 Å². The van der Waals surface area contributed by atoms with E-state index in [4.69, 9.17) is 4.74 Å². The molecular weight excluding hydrogens is 200 g/mol. The Hall–Kier alpha value is -1.31. The highest BCUT2D eigenvalue weighted by molar-refractivity contribution is 5.81. The second kappa shape index (κ2) is 3.93. The molecule has 0 bridgehead atoms. The van der Waals surface area contributed by atoms with Gasteiger partial charge in [0.25, 0.3) is 0 Å². The van der Waals surface area contributed by atoms with E-state index in [-0.39, 0.29) is 18.0 Å². The highest BCUT2D eigenvalue weighted by Crippen LogP contribution is 2.43. The molecule has 0 radical (unpaired) electrons. The maximum absolute atomic E-state index is 11.9. The lowest BCUT2D eigenvalue weighted by atomic mass is 9.77. The average Bonchev–Trinajstić information content (AvgIpc) is 2.66. The van der Waals surface area contributed by atoms with Crippen LogP contribution in [0.2, 0.25) is 0 Å². The molecule has 1 saturated carbocycles. The summed E-state index contributed by atoms with van der Waals surface area (Å²) >= 11 is 0. The van der Waals surface area contributed by atoms with Gasteiger partial charge >= 0.3 is 5.97 Å². The van der Waals surface area contributed by atoms with E-state index in [2.05, 4.69) is 0 Å². The van der Waals surface area contributed by atoms with Crippen LogP contribution in [0.5, 0.6) is 0 Å². The second-order valence-corrected chi connectivity index (χ2v) is 4.81. The molecule has 0 N–H and O–H groups in total. The lowest BCUT2D eigenvalue weighted by molar-refractivity contribution is -0.142. The zero-order chi connectivity index (χ0) is 11.0. The summed E-state index contributed by atoms with van der Waals surface area (Å²) in [7, 11) is 0. The smallest absolute Gasteiger partial charge is 0.314 e. The molecule has 3 rings (SSSR count). The van der Waals surface area contributed by atoms with Crippen LogP contribution in [0, 0.1) is 5.92 Å². The van der Waals surface area contributed by atoms with Gasteiger partial charge < -0.3 is 4.74 Å². The standard InChI is InChI=1S/C14H16O2/c15-14-13(10-6-2-1-3-7-10)11-8-4-5-9-12(11)16-14/h1-3,6-7,11-13H,4-5,8-9H2/t11-,12+,13-/m1/s1. The molecule has 2 aliphatic rings. The van der Waals surface area contributed by atoms with Crippen molar-refractivity contribution in [2.75, 3.05) is 0 Å². The van der Waals surface area contributed by atoms with Crippen LogP contribution in [0.15, 0.2) is 30.3 Å². The van der Waals surface area contributed by atoms with Crippen molar-refractivity contribution in [3.63, 3.8) is 0 Å². The fourth-order valence-corrected chi connectivity index (χ4v) is 3.09. The zero-order valence-electron chi connectivity index (χ0n) is 9.26. The van der Waals surface area contributed by atoms with Gasteiger partial charge in [-0.1, -0.05) is 36.8 Å². The Morgan fingerprint density at radius 3 is 2.62 bits per heavy atom. The molecule has 1 aromatic carbocycles. The minimum absolute atomic E-state index is 0.00787. The van der Waals surface area contributed by atoms with Gasteiger partial charge in [-0.25, -0.2) is 0 Å². The molecule has 0 unspecified atom stereocenters. The number of carbonyl (C=O) groups excluding carboxylic acids is 1. The summed E-state index contributed by atoms with van der Waals surface area (Å²) in [5.41, 5.74) is 1.13. The second-order valence-electron chi connectivity index (χ2n) is 4.81. The molecule has 1 aliphatic heterocycles. The molecule has 16 heavy (non-hydrogen) atoms. The van der Waals surface area contributed by atoms with Gasteiger partial charge in [0.1, 0.15) is 6.10 Å². The number of ether oxygens (including phenoxy) is 1. The predicted octanol–water partition coefficient (Wildman–Crippen LogP) is 2.89. The Morgan fingerprint density at radius 1 is 1.06 bits per heavy atom. The molecule has 1 heterocycles. The minimum Gasteiger partial charge on any atom is -0.462 e. The van der Waals surface area contributed by atoms with Crippen molar-refractivity contribution in [2.45, 2.75) is 37.7 Å². The van der Waals surface area contributed by atoms with Crippen LogP contribution in [0.25, 0.3) is 0 Å². The Labute approximate surface area is 95.6 Å². The van der Waals surface area contributed by atoms with Gasteiger partial charge in [-0.2, -0.15) is 0 Å². The topological polar surface area (TPSA) is 26.3 Å². The van der Waals surface area contributed by atoms with Gasteiger partial charge in [-0.3, -0.25) is 4.79 Å². The summed E-state index contributed by atoms with van der Waals surface area (Å²) in [5.74, 6) is 0.401. The molecule has 1 aromatic rings. The average molecular weight is 216 g/mol. The lowest BCUT2D eigenvalue weighted by Crippen LogP contribution is -2.23. The third kappa shape index (κ3) is 1.53. The maximum Gasteiger partial charge on any atom is 0.314 e. The van der Waals surface area contributed by atoms with E-state index in [1.165, 1.54) is 12.8 Å². The summed E-state index contributed by atoms with van der Waals surface area (Å²) in [5, 5.41) is 0. The van der Waals surface area contributed by atoms with Crippen molar-refractivity contribution >= 4 is 5.97 Å². The monoisotopic (exact) mass is 216 g/mol. The van der Waals surface area contributed by atoms with Crippen molar-refractivity contribution in [3.05, 3.63) is 35.9 Å². The van der Waals surface area contributed by atoms with E-state index in [1.54, 1.807) is 0 Å². The van der Waals surface area contributed by atoms with Crippen molar-refractivity contribution in [2.24, 2.45) is 5.92 Å². The summed E-state index contributed by atoms with van der Waals surface area (Å²) in [6.07, 6.45) is 4.82. The number of hydrogen-bond acceptors (Lipinski definition) is 2. The zero-order valence-corrected chi connectivity index (χ0v) is 9.26. The Balaban J connectivity index is 1.91. The molecule has 84 valence electrons. The van der Waals surface area contributed by atoms with Crippen LogP contribution in [-0.4, -0.2) is 12.1 Å². The van der Waals surface area contributed by atoms with E-state index < -0.39 is 0 Å². The molecule has 2 fully saturated rings. The van der Waals surface area contributed by atoms with E-state index in [9.17, 15) is 4.79 Å². The molecule has 1 aliphatic carbocycles. The first-order chi connectivity index (χ1) is 7.86. The number of esters is 1. The molecule has 3 atom stereocenters. The first-order valence-electron chi connectivity index (χ1n) is 6.12. The van der Waals surface area contributed by atoms with Gasteiger partial charge in [0.05, 0.1) is 5.92 Å². The summed E-state index contributed by atoms with van der Waals surface area (Å²) < 4.78 is 5.49. The van der Waals surface area contributed by atoms with E-state index in [0.29, 0.717) is 5.92 Å². The third-order valence-corrected chi connectivity index (χ3v) is 3.86. The van der Waals surface area contributed by atoms with Crippen molar-refractivity contribution in [1.82, 2.24) is 0 Å². The molecule has 0 amide bonds. The van der Waals surface area contributed by atoms with Crippen molar-refractivity contribution < 1.29 is 9.53 Å². The van der Waals surface area contributed by atoms with Gasteiger partial charge in [-0.15, -0.1) is 0 Å². The molecular formula is C14H16O2. The summed E-state index contributed by atoms with van der Waals surface area (Å²) in [6.45, 7) is 0. The van der Waals surface area contributed by atoms with Gasteiger partial charge in [0, 0.05) is 5.92 Å².